The smallest absolute Gasteiger partial charge is 0.189 e. The highest BCUT2D eigenvalue weighted by molar-refractivity contribution is 6.08. The normalized spacial score (nSPS) is 10.7. The van der Waals surface area contributed by atoms with Gasteiger partial charge in [0.1, 0.15) is 23.9 Å². The highest BCUT2D eigenvalue weighted by atomic mass is 16.5. The lowest BCUT2D eigenvalue weighted by Gasteiger charge is -2.11. The van der Waals surface area contributed by atoms with E-state index in [0.717, 1.165) is 22.6 Å². The summed E-state index contributed by atoms with van der Waals surface area (Å²) in [7, 11) is 3.19. The van der Waals surface area contributed by atoms with Crippen molar-refractivity contribution in [2.24, 2.45) is 0 Å². The molecule has 3 rings (SSSR count). The molecule has 0 atom stereocenters. The molecule has 4 heteroatoms. The zero-order chi connectivity index (χ0) is 20.6. The predicted molar refractivity (Wildman–Crippen MR) is 115 cm³/mol. The Hall–Kier alpha value is -3.53. The number of rotatable bonds is 8. The summed E-state index contributed by atoms with van der Waals surface area (Å²) in [5.74, 6) is 1.98. The fourth-order valence-corrected chi connectivity index (χ4v) is 2.92. The molecule has 148 valence electrons. The fraction of sp³-hybridized carbons (Fsp3) is 0.160. The highest BCUT2D eigenvalue weighted by Crippen LogP contribution is 2.24. The third-order valence-electron chi connectivity index (χ3n) is 4.52. The van der Waals surface area contributed by atoms with E-state index in [0.29, 0.717) is 17.9 Å². The molecule has 0 aliphatic carbocycles. The van der Waals surface area contributed by atoms with Gasteiger partial charge in [-0.1, -0.05) is 42.0 Å². The van der Waals surface area contributed by atoms with Crippen LogP contribution in [-0.4, -0.2) is 20.0 Å². The molecular formula is C25H24O4. The van der Waals surface area contributed by atoms with Crippen LogP contribution < -0.4 is 14.2 Å². The molecule has 0 unspecified atom stereocenters. The second-order valence-electron chi connectivity index (χ2n) is 6.57. The van der Waals surface area contributed by atoms with Crippen LogP contribution in [-0.2, 0) is 6.61 Å². The van der Waals surface area contributed by atoms with E-state index >= 15 is 0 Å². The van der Waals surface area contributed by atoms with Crippen molar-refractivity contribution >= 4 is 11.9 Å². The Balaban J connectivity index is 1.76. The maximum Gasteiger partial charge on any atom is 0.189 e. The van der Waals surface area contributed by atoms with Crippen LogP contribution in [0.3, 0.4) is 0 Å². The molecule has 0 N–H and O–H groups in total. The van der Waals surface area contributed by atoms with Gasteiger partial charge in [0, 0.05) is 5.56 Å². The molecule has 0 amide bonds. The lowest BCUT2D eigenvalue weighted by atomic mass is 10.1. The molecular weight excluding hydrogens is 364 g/mol. The van der Waals surface area contributed by atoms with Gasteiger partial charge in [0.25, 0.3) is 0 Å². The van der Waals surface area contributed by atoms with Crippen molar-refractivity contribution in [3.8, 4) is 17.2 Å². The minimum Gasteiger partial charge on any atom is -0.496 e. The van der Waals surface area contributed by atoms with Gasteiger partial charge in [-0.25, -0.2) is 0 Å². The third-order valence-corrected chi connectivity index (χ3v) is 4.52. The second kappa shape index (κ2) is 9.60. The molecule has 0 radical (unpaired) electrons. The average molecular weight is 388 g/mol. The Morgan fingerprint density at radius 3 is 2.34 bits per heavy atom. The predicted octanol–water partition coefficient (Wildman–Crippen LogP) is 5.49. The van der Waals surface area contributed by atoms with Gasteiger partial charge in [-0.15, -0.1) is 0 Å². The average Bonchev–Trinajstić information content (AvgIpc) is 2.77. The fourth-order valence-electron chi connectivity index (χ4n) is 2.92. The van der Waals surface area contributed by atoms with Crippen LogP contribution in [0, 0.1) is 6.92 Å². The molecule has 3 aromatic carbocycles. The monoisotopic (exact) mass is 388 g/mol. The molecule has 0 aliphatic rings. The first-order chi connectivity index (χ1) is 14.1. The minimum absolute atomic E-state index is 0.115. The number of carbonyl (C=O) groups excluding carboxylic acids is 1. The van der Waals surface area contributed by atoms with Crippen molar-refractivity contribution in [2.45, 2.75) is 13.5 Å². The first kappa shape index (κ1) is 20.2. The number of methoxy groups -OCH3 is 2. The van der Waals surface area contributed by atoms with E-state index in [-0.39, 0.29) is 5.78 Å². The summed E-state index contributed by atoms with van der Waals surface area (Å²) in [6.07, 6.45) is 3.33. The van der Waals surface area contributed by atoms with Crippen LogP contribution in [0.4, 0.5) is 0 Å². The summed E-state index contributed by atoms with van der Waals surface area (Å²) < 4.78 is 16.6. The van der Waals surface area contributed by atoms with Gasteiger partial charge in [0.05, 0.1) is 19.8 Å². The van der Waals surface area contributed by atoms with Crippen LogP contribution in [0.1, 0.15) is 27.0 Å². The van der Waals surface area contributed by atoms with Crippen molar-refractivity contribution in [3.63, 3.8) is 0 Å². The summed E-state index contributed by atoms with van der Waals surface area (Å²) in [4.78, 5) is 12.5. The number of ether oxygens (including phenoxy) is 3. The number of benzene rings is 3. The van der Waals surface area contributed by atoms with Crippen molar-refractivity contribution in [3.05, 3.63) is 95.1 Å². The van der Waals surface area contributed by atoms with Crippen molar-refractivity contribution in [1.29, 1.82) is 0 Å². The second-order valence-corrected chi connectivity index (χ2v) is 6.57. The Morgan fingerprint density at radius 1 is 0.897 bits per heavy atom. The lowest BCUT2D eigenvalue weighted by molar-refractivity contribution is 0.104. The van der Waals surface area contributed by atoms with Gasteiger partial charge in [-0.05, 0) is 55.0 Å². The van der Waals surface area contributed by atoms with Gasteiger partial charge in [-0.3, -0.25) is 4.79 Å². The molecule has 0 heterocycles. The molecule has 29 heavy (non-hydrogen) atoms. The van der Waals surface area contributed by atoms with Gasteiger partial charge < -0.3 is 14.2 Å². The SMILES string of the molecule is COc1ccc(/C=C/C(=O)c2ccccc2OC)cc1COc1ccc(C)cc1. The largest absolute Gasteiger partial charge is 0.496 e. The summed E-state index contributed by atoms with van der Waals surface area (Å²) in [5, 5.41) is 0. The van der Waals surface area contributed by atoms with E-state index in [1.165, 1.54) is 5.56 Å². The van der Waals surface area contributed by atoms with E-state index in [1.807, 2.05) is 61.5 Å². The van der Waals surface area contributed by atoms with E-state index in [9.17, 15) is 4.79 Å². The Kier molecular flexibility index (Phi) is 6.69. The summed E-state index contributed by atoms with van der Waals surface area (Å²) in [6.45, 7) is 2.41. The van der Waals surface area contributed by atoms with Crippen molar-refractivity contribution in [1.82, 2.24) is 0 Å². The number of aryl methyl sites for hydroxylation is 1. The van der Waals surface area contributed by atoms with E-state index in [4.69, 9.17) is 14.2 Å². The molecule has 0 fully saturated rings. The van der Waals surface area contributed by atoms with Crippen LogP contribution in [0.25, 0.3) is 6.08 Å². The molecule has 0 aliphatic heterocycles. The number of ketones is 1. The quantitative estimate of drug-likeness (QED) is 0.378. The Bertz CT molecular complexity index is 1000. The highest BCUT2D eigenvalue weighted by Gasteiger charge is 2.09. The van der Waals surface area contributed by atoms with E-state index < -0.39 is 0 Å². The van der Waals surface area contributed by atoms with Crippen LogP contribution in [0.5, 0.6) is 17.2 Å². The molecule has 0 spiro atoms. The molecule has 3 aromatic rings. The maximum absolute atomic E-state index is 12.5. The number of hydrogen-bond acceptors (Lipinski definition) is 4. The van der Waals surface area contributed by atoms with Gasteiger partial charge in [-0.2, -0.15) is 0 Å². The molecule has 0 bridgehead atoms. The number of hydrogen-bond donors (Lipinski definition) is 0. The topological polar surface area (TPSA) is 44.8 Å². The lowest BCUT2D eigenvalue weighted by Crippen LogP contribution is -2.00. The minimum atomic E-state index is -0.115. The Labute approximate surface area is 171 Å². The zero-order valence-corrected chi connectivity index (χ0v) is 16.8. The van der Waals surface area contributed by atoms with Gasteiger partial charge in [0.15, 0.2) is 5.78 Å². The van der Waals surface area contributed by atoms with Crippen LogP contribution in [0.15, 0.2) is 72.8 Å². The summed E-state index contributed by atoms with van der Waals surface area (Å²) in [5.41, 5.74) is 3.50. The van der Waals surface area contributed by atoms with E-state index in [2.05, 4.69) is 0 Å². The van der Waals surface area contributed by atoms with Gasteiger partial charge in [0.2, 0.25) is 0 Å². The molecule has 4 nitrogen and oxygen atoms in total. The standard InChI is InChI=1S/C25H24O4/c1-18-8-12-21(13-9-18)29-17-20-16-19(11-15-24(20)27-2)10-14-23(26)22-6-4-5-7-25(22)28-3/h4-16H,17H2,1-3H3/b14-10+. The summed E-state index contributed by atoms with van der Waals surface area (Å²) in [6, 6.07) is 20.8. The molecule has 0 aromatic heterocycles. The number of carbonyl (C=O) groups is 1. The maximum atomic E-state index is 12.5. The number of allylic oxidation sites excluding steroid dienone is 1. The van der Waals surface area contributed by atoms with Crippen molar-refractivity contribution in [2.75, 3.05) is 14.2 Å². The zero-order valence-electron chi connectivity index (χ0n) is 16.8. The Morgan fingerprint density at radius 2 is 1.62 bits per heavy atom. The first-order valence-corrected chi connectivity index (χ1v) is 9.32. The summed E-state index contributed by atoms with van der Waals surface area (Å²) >= 11 is 0. The van der Waals surface area contributed by atoms with Crippen molar-refractivity contribution < 1.29 is 19.0 Å². The molecule has 0 saturated carbocycles. The van der Waals surface area contributed by atoms with Crippen LogP contribution in [0.2, 0.25) is 0 Å². The van der Waals surface area contributed by atoms with Gasteiger partial charge >= 0.3 is 0 Å². The first-order valence-electron chi connectivity index (χ1n) is 9.32. The third kappa shape index (κ3) is 5.26. The van der Waals surface area contributed by atoms with Crippen LogP contribution >= 0.6 is 0 Å². The van der Waals surface area contributed by atoms with E-state index in [1.54, 1.807) is 38.5 Å². The number of para-hydroxylation sites is 1. The molecule has 0 saturated heterocycles.